The van der Waals surface area contributed by atoms with E-state index in [0.29, 0.717) is 0 Å². The molecule has 1 aliphatic heterocycles. The summed E-state index contributed by atoms with van der Waals surface area (Å²) in [6.07, 6.45) is -0.561. The number of nitrogens with zero attached hydrogens (tertiary/aromatic N) is 2. The highest BCUT2D eigenvalue weighted by Crippen LogP contribution is 2.35. The van der Waals surface area contributed by atoms with Crippen molar-refractivity contribution < 1.29 is 9.84 Å². The molecule has 0 aromatic heterocycles. The SMILES string of the molecule is COc1ccccc1CN1CCN(C(c2ccccc2)C(O)c2ccccc2)CC1. The Kier molecular flexibility index (Phi) is 6.80. The number of aliphatic hydroxyl groups excluding tert-OH is 1. The zero-order valence-corrected chi connectivity index (χ0v) is 17.5. The molecule has 4 rings (SSSR count). The maximum atomic E-state index is 11.3. The average molecular weight is 403 g/mol. The van der Waals surface area contributed by atoms with Gasteiger partial charge in [-0.2, -0.15) is 0 Å². The van der Waals surface area contributed by atoms with E-state index in [1.165, 1.54) is 5.56 Å². The van der Waals surface area contributed by atoms with Crippen LogP contribution in [0.2, 0.25) is 0 Å². The summed E-state index contributed by atoms with van der Waals surface area (Å²) in [4.78, 5) is 4.89. The monoisotopic (exact) mass is 402 g/mol. The van der Waals surface area contributed by atoms with Crippen molar-refractivity contribution >= 4 is 0 Å². The minimum absolute atomic E-state index is 0.0537. The van der Waals surface area contributed by atoms with Crippen LogP contribution in [0.25, 0.3) is 0 Å². The highest BCUT2D eigenvalue weighted by molar-refractivity contribution is 5.33. The van der Waals surface area contributed by atoms with Gasteiger partial charge < -0.3 is 9.84 Å². The highest BCUT2D eigenvalue weighted by Gasteiger charge is 2.31. The third kappa shape index (κ3) is 4.73. The van der Waals surface area contributed by atoms with Gasteiger partial charge in [0.05, 0.1) is 19.3 Å². The minimum Gasteiger partial charge on any atom is -0.496 e. The van der Waals surface area contributed by atoms with Crippen LogP contribution < -0.4 is 4.74 Å². The van der Waals surface area contributed by atoms with Gasteiger partial charge in [0.1, 0.15) is 5.75 Å². The van der Waals surface area contributed by atoms with Crippen LogP contribution in [-0.4, -0.2) is 48.2 Å². The second kappa shape index (κ2) is 9.90. The highest BCUT2D eigenvalue weighted by atomic mass is 16.5. The fourth-order valence-electron chi connectivity index (χ4n) is 4.35. The predicted molar refractivity (Wildman–Crippen MR) is 120 cm³/mol. The Hall–Kier alpha value is -2.66. The number of rotatable bonds is 7. The lowest BCUT2D eigenvalue weighted by Crippen LogP contribution is -2.48. The number of methoxy groups -OCH3 is 1. The Balaban J connectivity index is 1.48. The van der Waals surface area contributed by atoms with Gasteiger partial charge in [0.15, 0.2) is 0 Å². The van der Waals surface area contributed by atoms with E-state index in [0.717, 1.165) is 49.6 Å². The molecule has 30 heavy (non-hydrogen) atoms. The summed E-state index contributed by atoms with van der Waals surface area (Å²) in [5, 5.41) is 11.3. The molecule has 0 saturated carbocycles. The van der Waals surface area contributed by atoms with E-state index in [1.807, 2.05) is 48.5 Å². The minimum atomic E-state index is -0.561. The number of piperazine rings is 1. The number of hydrogen-bond donors (Lipinski definition) is 1. The van der Waals surface area contributed by atoms with Crippen LogP contribution >= 0.6 is 0 Å². The average Bonchev–Trinajstić information content (AvgIpc) is 2.82. The zero-order chi connectivity index (χ0) is 20.8. The van der Waals surface area contributed by atoms with Crippen LogP contribution in [-0.2, 0) is 6.54 Å². The predicted octanol–water partition coefficient (Wildman–Crippen LogP) is 4.29. The molecule has 0 radical (unpaired) electrons. The first kappa shape index (κ1) is 20.6. The van der Waals surface area contributed by atoms with Gasteiger partial charge in [-0.05, 0) is 17.2 Å². The van der Waals surface area contributed by atoms with E-state index in [9.17, 15) is 5.11 Å². The summed E-state index contributed by atoms with van der Waals surface area (Å²) in [5.41, 5.74) is 3.34. The molecule has 4 nitrogen and oxygen atoms in total. The molecule has 4 heteroatoms. The lowest BCUT2D eigenvalue weighted by molar-refractivity contribution is 0.0147. The van der Waals surface area contributed by atoms with Crippen molar-refractivity contribution in [2.24, 2.45) is 0 Å². The topological polar surface area (TPSA) is 35.9 Å². The zero-order valence-electron chi connectivity index (χ0n) is 17.5. The quantitative estimate of drug-likeness (QED) is 0.640. The van der Waals surface area contributed by atoms with E-state index >= 15 is 0 Å². The molecule has 2 unspecified atom stereocenters. The lowest BCUT2D eigenvalue weighted by Gasteiger charge is -2.41. The van der Waals surface area contributed by atoms with Gasteiger partial charge >= 0.3 is 0 Å². The summed E-state index contributed by atoms with van der Waals surface area (Å²) in [6.45, 7) is 4.64. The number of aliphatic hydroxyl groups is 1. The molecule has 156 valence electrons. The Labute approximate surface area is 179 Å². The van der Waals surface area contributed by atoms with Crippen molar-refractivity contribution in [2.45, 2.75) is 18.7 Å². The van der Waals surface area contributed by atoms with Crippen LogP contribution in [0.1, 0.15) is 28.8 Å². The van der Waals surface area contributed by atoms with E-state index in [1.54, 1.807) is 7.11 Å². The smallest absolute Gasteiger partial charge is 0.123 e. The Morgan fingerprint density at radius 2 is 1.33 bits per heavy atom. The summed E-state index contributed by atoms with van der Waals surface area (Å²) >= 11 is 0. The number of benzene rings is 3. The van der Waals surface area contributed by atoms with Crippen LogP contribution in [0.15, 0.2) is 84.9 Å². The summed E-state index contributed by atoms with van der Waals surface area (Å²) < 4.78 is 5.51. The van der Waals surface area contributed by atoms with Crippen LogP contribution in [0.4, 0.5) is 0 Å². The van der Waals surface area contributed by atoms with Crippen molar-refractivity contribution in [1.82, 2.24) is 9.80 Å². The summed E-state index contributed by atoms with van der Waals surface area (Å²) in [6, 6.07) is 28.6. The van der Waals surface area contributed by atoms with Crippen LogP contribution in [0, 0.1) is 0 Å². The molecule has 1 heterocycles. The fourth-order valence-corrected chi connectivity index (χ4v) is 4.35. The first-order valence-corrected chi connectivity index (χ1v) is 10.6. The third-order valence-corrected chi connectivity index (χ3v) is 5.97. The molecule has 1 fully saturated rings. The molecule has 1 N–H and O–H groups in total. The molecule has 0 aliphatic carbocycles. The molecule has 3 aromatic carbocycles. The summed E-state index contributed by atoms with van der Waals surface area (Å²) in [7, 11) is 1.73. The largest absolute Gasteiger partial charge is 0.496 e. The number of ether oxygens (including phenoxy) is 1. The van der Waals surface area contributed by atoms with Gasteiger partial charge in [-0.3, -0.25) is 9.80 Å². The van der Waals surface area contributed by atoms with Gasteiger partial charge in [-0.25, -0.2) is 0 Å². The van der Waals surface area contributed by atoms with Crippen molar-refractivity contribution in [3.05, 3.63) is 102 Å². The molecule has 1 saturated heterocycles. The van der Waals surface area contributed by atoms with E-state index < -0.39 is 6.10 Å². The normalized spacial score (nSPS) is 17.4. The van der Waals surface area contributed by atoms with Crippen LogP contribution in [0.5, 0.6) is 5.75 Å². The van der Waals surface area contributed by atoms with Crippen molar-refractivity contribution in [1.29, 1.82) is 0 Å². The Morgan fingerprint density at radius 3 is 1.97 bits per heavy atom. The molecule has 0 amide bonds. The summed E-state index contributed by atoms with van der Waals surface area (Å²) in [5.74, 6) is 0.946. The maximum Gasteiger partial charge on any atom is 0.123 e. The van der Waals surface area contributed by atoms with Gasteiger partial charge in [0.25, 0.3) is 0 Å². The molecule has 1 aliphatic rings. The molecule has 0 spiro atoms. The number of hydrogen-bond acceptors (Lipinski definition) is 4. The second-order valence-electron chi connectivity index (χ2n) is 7.84. The van der Waals surface area contributed by atoms with Crippen molar-refractivity contribution in [2.75, 3.05) is 33.3 Å². The fraction of sp³-hybridized carbons (Fsp3) is 0.308. The van der Waals surface area contributed by atoms with E-state index in [4.69, 9.17) is 4.74 Å². The standard InChI is InChI=1S/C26H30N2O2/c1-30-24-15-9-8-14-23(24)20-27-16-18-28(19-17-27)25(21-10-4-2-5-11-21)26(29)22-12-6-3-7-13-22/h2-15,25-26,29H,16-20H2,1H3. The van der Waals surface area contributed by atoms with Gasteiger partial charge in [-0.1, -0.05) is 78.9 Å². The first-order chi connectivity index (χ1) is 14.8. The van der Waals surface area contributed by atoms with Crippen LogP contribution in [0.3, 0.4) is 0 Å². The molecule has 0 bridgehead atoms. The molecular formula is C26H30N2O2. The molecule has 2 atom stereocenters. The van der Waals surface area contributed by atoms with Gasteiger partial charge in [0.2, 0.25) is 0 Å². The van der Waals surface area contributed by atoms with E-state index in [2.05, 4.69) is 46.2 Å². The molecule has 3 aromatic rings. The second-order valence-corrected chi connectivity index (χ2v) is 7.84. The number of para-hydroxylation sites is 1. The van der Waals surface area contributed by atoms with Gasteiger partial charge in [0, 0.05) is 38.3 Å². The van der Waals surface area contributed by atoms with E-state index in [-0.39, 0.29) is 6.04 Å². The Morgan fingerprint density at radius 1 is 0.767 bits per heavy atom. The van der Waals surface area contributed by atoms with Crippen molar-refractivity contribution in [3.63, 3.8) is 0 Å². The van der Waals surface area contributed by atoms with Gasteiger partial charge in [-0.15, -0.1) is 0 Å². The third-order valence-electron chi connectivity index (χ3n) is 5.97. The first-order valence-electron chi connectivity index (χ1n) is 10.6. The Bertz CT molecular complexity index is 909. The maximum absolute atomic E-state index is 11.3. The molecular weight excluding hydrogens is 372 g/mol. The van der Waals surface area contributed by atoms with Crippen molar-refractivity contribution in [3.8, 4) is 5.75 Å². The lowest BCUT2D eigenvalue weighted by atomic mass is 9.94.